The number of hydrogen-bond acceptors (Lipinski definition) is 2. The quantitative estimate of drug-likeness (QED) is 0.860. The third-order valence-corrected chi connectivity index (χ3v) is 2.85. The fourth-order valence-electron chi connectivity index (χ4n) is 1.87. The van der Waals surface area contributed by atoms with Gasteiger partial charge in [-0.2, -0.15) is 0 Å². The first-order chi connectivity index (χ1) is 8.78. The molecule has 2 rings (SSSR count). The van der Waals surface area contributed by atoms with Crippen LogP contribution in [0.25, 0.3) is 0 Å². The van der Waals surface area contributed by atoms with E-state index in [9.17, 15) is 0 Å². The fraction of sp³-hybridized carbons (Fsp3) is 0.250. The first-order valence-electron chi connectivity index (χ1n) is 6.15. The normalized spacial score (nSPS) is 10.3. The van der Waals surface area contributed by atoms with E-state index < -0.39 is 0 Å². The maximum atomic E-state index is 5.14. The Morgan fingerprint density at radius 3 is 2.44 bits per heavy atom. The Morgan fingerprint density at radius 1 is 1.00 bits per heavy atom. The summed E-state index contributed by atoms with van der Waals surface area (Å²) in [6.07, 6.45) is 0. The van der Waals surface area contributed by atoms with Crippen molar-refractivity contribution in [1.82, 2.24) is 0 Å². The van der Waals surface area contributed by atoms with Gasteiger partial charge in [0.05, 0.1) is 6.61 Å². The molecule has 0 aliphatic rings. The molecule has 2 aromatic carbocycles. The highest BCUT2D eigenvalue weighted by atomic mass is 16.5. The van der Waals surface area contributed by atoms with Gasteiger partial charge in [-0.05, 0) is 30.2 Å². The van der Waals surface area contributed by atoms with E-state index in [0.717, 1.165) is 12.2 Å². The van der Waals surface area contributed by atoms with E-state index in [1.807, 2.05) is 0 Å². The maximum Gasteiger partial charge on any atom is 0.0713 e. The molecular formula is C16H19NO. The van der Waals surface area contributed by atoms with Crippen LogP contribution in [0.2, 0.25) is 0 Å². The second kappa shape index (κ2) is 6.22. The van der Waals surface area contributed by atoms with Gasteiger partial charge in [-0.3, -0.25) is 0 Å². The lowest BCUT2D eigenvalue weighted by atomic mass is 10.1. The summed E-state index contributed by atoms with van der Waals surface area (Å²) >= 11 is 0. The Balaban J connectivity index is 1.97. The van der Waals surface area contributed by atoms with Gasteiger partial charge in [0, 0.05) is 19.3 Å². The molecule has 0 fully saturated rings. The molecule has 0 heterocycles. The zero-order valence-electron chi connectivity index (χ0n) is 10.9. The summed E-state index contributed by atoms with van der Waals surface area (Å²) in [5, 5.41) is 3.42. The second-order valence-corrected chi connectivity index (χ2v) is 4.47. The smallest absolute Gasteiger partial charge is 0.0713 e. The van der Waals surface area contributed by atoms with E-state index in [-0.39, 0.29) is 0 Å². The maximum absolute atomic E-state index is 5.14. The van der Waals surface area contributed by atoms with Gasteiger partial charge in [0.15, 0.2) is 0 Å². The molecular weight excluding hydrogens is 222 g/mol. The van der Waals surface area contributed by atoms with Crippen molar-refractivity contribution in [3.63, 3.8) is 0 Å². The van der Waals surface area contributed by atoms with Crippen molar-refractivity contribution in [2.75, 3.05) is 12.4 Å². The van der Waals surface area contributed by atoms with Crippen LogP contribution in [-0.2, 0) is 17.9 Å². The van der Waals surface area contributed by atoms with E-state index in [1.165, 1.54) is 16.7 Å². The third-order valence-electron chi connectivity index (χ3n) is 2.85. The average molecular weight is 241 g/mol. The lowest BCUT2D eigenvalue weighted by molar-refractivity contribution is 0.185. The topological polar surface area (TPSA) is 21.3 Å². The highest BCUT2D eigenvalue weighted by Crippen LogP contribution is 2.12. The average Bonchev–Trinajstić information content (AvgIpc) is 2.39. The molecule has 2 nitrogen and oxygen atoms in total. The second-order valence-electron chi connectivity index (χ2n) is 4.47. The molecule has 2 heteroatoms. The molecule has 0 atom stereocenters. The fourth-order valence-corrected chi connectivity index (χ4v) is 1.87. The third kappa shape index (κ3) is 3.60. The molecule has 0 bridgehead atoms. The first-order valence-corrected chi connectivity index (χ1v) is 6.15. The summed E-state index contributed by atoms with van der Waals surface area (Å²) in [5.41, 5.74) is 4.91. The summed E-state index contributed by atoms with van der Waals surface area (Å²) in [6, 6.07) is 16.9. The van der Waals surface area contributed by atoms with Crippen LogP contribution < -0.4 is 5.32 Å². The van der Waals surface area contributed by atoms with Gasteiger partial charge >= 0.3 is 0 Å². The number of rotatable bonds is 5. The molecule has 0 spiro atoms. The van der Waals surface area contributed by atoms with Gasteiger partial charge in [-0.15, -0.1) is 0 Å². The molecule has 94 valence electrons. The summed E-state index contributed by atoms with van der Waals surface area (Å²) in [6.45, 7) is 3.59. The molecule has 1 N–H and O–H groups in total. The monoisotopic (exact) mass is 241 g/mol. The van der Waals surface area contributed by atoms with Gasteiger partial charge in [0.1, 0.15) is 0 Å². The van der Waals surface area contributed by atoms with Crippen molar-refractivity contribution in [3.05, 3.63) is 65.2 Å². The van der Waals surface area contributed by atoms with Crippen molar-refractivity contribution >= 4 is 5.69 Å². The van der Waals surface area contributed by atoms with Crippen LogP contribution >= 0.6 is 0 Å². The number of nitrogens with one attached hydrogen (secondary N) is 1. The SMILES string of the molecule is COCc1cccc(CNc2ccc(C)cc2)c1. The van der Waals surface area contributed by atoms with Crippen LogP contribution in [0, 0.1) is 6.92 Å². The number of methoxy groups -OCH3 is 1. The molecule has 0 radical (unpaired) electrons. The minimum Gasteiger partial charge on any atom is -0.381 e. The van der Waals surface area contributed by atoms with E-state index in [1.54, 1.807) is 7.11 Å². The van der Waals surface area contributed by atoms with Crippen LogP contribution in [0.5, 0.6) is 0 Å². The van der Waals surface area contributed by atoms with Crippen LogP contribution in [0.1, 0.15) is 16.7 Å². The van der Waals surface area contributed by atoms with E-state index in [2.05, 4.69) is 60.8 Å². The van der Waals surface area contributed by atoms with Gasteiger partial charge in [-0.25, -0.2) is 0 Å². The molecule has 18 heavy (non-hydrogen) atoms. The van der Waals surface area contributed by atoms with Crippen LogP contribution in [0.3, 0.4) is 0 Å². The Bertz CT molecular complexity index is 491. The number of ether oxygens (including phenoxy) is 1. The molecule has 0 saturated heterocycles. The lowest BCUT2D eigenvalue weighted by Crippen LogP contribution is -2.00. The van der Waals surface area contributed by atoms with E-state index in [0.29, 0.717) is 6.61 Å². The Hall–Kier alpha value is -1.80. The summed E-state index contributed by atoms with van der Waals surface area (Å²) in [5.74, 6) is 0. The van der Waals surface area contributed by atoms with E-state index >= 15 is 0 Å². The van der Waals surface area contributed by atoms with Gasteiger partial charge < -0.3 is 10.1 Å². The van der Waals surface area contributed by atoms with Crippen molar-refractivity contribution in [2.45, 2.75) is 20.1 Å². The lowest BCUT2D eigenvalue weighted by Gasteiger charge is -2.08. The highest BCUT2D eigenvalue weighted by Gasteiger charge is 1.96. The van der Waals surface area contributed by atoms with Crippen LogP contribution in [-0.4, -0.2) is 7.11 Å². The zero-order valence-corrected chi connectivity index (χ0v) is 10.9. The molecule has 0 saturated carbocycles. The molecule has 0 aromatic heterocycles. The van der Waals surface area contributed by atoms with Gasteiger partial charge in [0.25, 0.3) is 0 Å². The Morgan fingerprint density at radius 2 is 1.72 bits per heavy atom. The minimum absolute atomic E-state index is 0.665. The predicted molar refractivity (Wildman–Crippen MR) is 75.7 cm³/mol. The van der Waals surface area contributed by atoms with Crippen molar-refractivity contribution in [3.8, 4) is 0 Å². The van der Waals surface area contributed by atoms with E-state index in [4.69, 9.17) is 4.74 Å². The van der Waals surface area contributed by atoms with Gasteiger partial charge in [0.2, 0.25) is 0 Å². The first kappa shape index (κ1) is 12.7. The molecule has 0 aliphatic heterocycles. The summed E-state index contributed by atoms with van der Waals surface area (Å²) < 4.78 is 5.14. The Labute approximate surface area is 109 Å². The van der Waals surface area contributed by atoms with Gasteiger partial charge in [-0.1, -0.05) is 42.0 Å². The highest BCUT2D eigenvalue weighted by molar-refractivity contribution is 5.45. The van der Waals surface area contributed by atoms with Crippen LogP contribution in [0.4, 0.5) is 5.69 Å². The zero-order chi connectivity index (χ0) is 12.8. The molecule has 0 aliphatic carbocycles. The number of hydrogen-bond donors (Lipinski definition) is 1. The molecule has 2 aromatic rings. The van der Waals surface area contributed by atoms with Crippen molar-refractivity contribution in [2.24, 2.45) is 0 Å². The van der Waals surface area contributed by atoms with Crippen LogP contribution in [0.15, 0.2) is 48.5 Å². The number of benzene rings is 2. The number of anilines is 1. The Kier molecular flexibility index (Phi) is 4.37. The predicted octanol–water partition coefficient (Wildman–Crippen LogP) is 3.75. The summed E-state index contributed by atoms with van der Waals surface area (Å²) in [7, 11) is 1.72. The van der Waals surface area contributed by atoms with Crippen molar-refractivity contribution in [1.29, 1.82) is 0 Å². The van der Waals surface area contributed by atoms with Crippen molar-refractivity contribution < 1.29 is 4.74 Å². The summed E-state index contributed by atoms with van der Waals surface area (Å²) in [4.78, 5) is 0. The minimum atomic E-state index is 0.665. The number of aryl methyl sites for hydroxylation is 1. The molecule has 0 amide bonds. The molecule has 0 unspecified atom stereocenters. The largest absolute Gasteiger partial charge is 0.381 e. The standard InChI is InChI=1S/C16H19NO/c1-13-6-8-16(9-7-13)17-11-14-4-3-5-15(10-14)12-18-2/h3-10,17H,11-12H2,1-2H3.